The molecule has 1 saturated heterocycles. The highest BCUT2D eigenvalue weighted by atomic mass is 32.2. The second-order valence-electron chi connectivity index (χ2n) is 6.05. The molecule has 6 nitrogen and oxygen atoms in total. The molecule has 2 rings (SSSR count). The highest BCUT2D eigenvalue weighted by Crippen LogP contribution is 2.25. The van der Waals surface area contributed by atoms with Crippen LogP contribution in [0.2, 0.25) is 0 Å². The maximum absolute atomic E-state index is 12.7. The Morgan fingerprint density at radius 2 is 1.79 bits per heavy atom. The maximum atomic E-state index is 12.7. The smallest absolute Gasteiger partial charge is 0.246 e. The third kappa shape index (κ3) is 4.41. The lowest BCUT2D eigenvalue weighted by atomic mass is 10.1. The fourth-order valence-electron chi connectivity index (χ4n) is 3.04. The molecule has 7 heteroatoms. The van der Waals surface area contributed by atoms with Crippen molar-refractivity contribution in [3.8, 4) is 5.75 Å². The number of sulfonamides is 1. The van der Waals surface area contributed by atoms with Crippen LogP contribution in [0.5, 0.6) is 5.75 Å². The summed E-state index contributed by atoms with van der Waals surface area (Å²) in [5.41, 5.74) is 0.471. The molecule has 1 fully saturated rings. The summed E-state index contributed by atoms with van der Waals surface area (Å²) in [5.74, 6) is 0.527. The van der Waals surface area contributed by atoms with Gasteiger partial charge in [-0.1, -0.05) is 0 Å². The average Bonchev–Trinajstić information content (AvgIpc) is 2.55. The summed E-state index contributed by atoms with van der Waals surface area (Å²) < 4.78 is 31.2. The molecule has 0 aliphatic carbocycles. The maximum Gasteiger partial charge on any atom is 0.246 e. The number of benzene rings is 1. The topological polar surface area (TPSA) is 66.9 Å². The quantitative estimate of drug-likeness (QED) is 0.786. The minimum Gasteiger partial charge on any atom is -0.494 e. The summed E-state index contributed by atoms with van der Waals surface area (Å²) >= 11 is 0. The second kappa shape index (κ2) is 7.88. The van der Waals surface area contributed by atoms with Crippen molar-refractivity contribution < 1.29 is 17.9 Å². The van der Waals surface area contributed by atoms with Gasteiger partial charge in [0.1, 0.15) is 11.8 Å². The lowest BCUT2D eigenvalue weighted by molar-refractivity contribution is -0.132. The summed E-state index contributed by atoms with van der Waals surface area (Å²) in [7, 11) is -3.58. The van der Waals surface area contributed by atoms with E-state index in [1.54, 1.807) is 36.1 Å². The van der Waals surface area contributed by atoms with Gasteiger partial charge in [0.2, 0.25) is 15.9 Å². The number of rotatable bonds is 6. The first-order chi connectivity index (χ1) is 11.3. The zero-order valence-corrected chi connectivity index (χ0v) is 15.4. The van der Waals surface area contributed by atoms with Gasteiger partial charge in [-0.05, 0) is 57.4 Å². The molecule has 0 spiro atoms. The predicted molar refractivity (Wildman–Crippen MR) is 94.8 cm³/mol. The van der Waals surface area contributed by atoms with Crippen LogP contribution in [0.25, 0.3) is 0 Å². The van der Waals surface area contributed by atoms with Gasteiger partial charge >= 0.3 is 0 Å². The third-order valence-corrected chi connectivity index (χ3v) is 5.38. The number of ether oxygens (including phenoxy) is 1. The average molecular weight is 354 g/mol. The molecule has 1 amide bonds. The van der Waals surface area contributed by atoms with Crippen molar-refractivity contribution >= 4 is 21.6 Å². The number of hydrogen-bond acceptors (Lipinski definition) is 4. The Morgan fingerprint density at radius 1 is 1.21 bits per heavy atom. The van der Waals surface area contributed by atoms with Crippen LogP contribution in [0.3, 0.4) is 0 Å². The first-order valence-corrected chi connectivity index (χ1v) is 10.2. The van der Waals surface area contributed by atoms with Crippen LogP contribution in [0.4, 0.5) is 5.69 Å². The van der Waals surface area contributed by atoms with Crippen LogP contribution < -0.4 is 9.04 Å². The largest absolute Gasteiger partial charge is 0.494 e. The van der Waals surface area contributed by atoms with Crippen molar-refractivity contribution in [3.63, 3.8) is 0 Å². The van der Waals surface area contributed by atoms with Gasteiger partial charge in [0, 0.05) is 13.1 Å². The van der Waals surface area contributed by atoms with Crippen LogP contribution in [-0.4, -0.2) is 51.2 Å². The Morgan fingerprint density at radius 3 is 2.29 bits per heavy atom. The van der Waals surface area contributed by atoms with E-state index in [0.717, 1.165) is 25.5 Å². The van der Waals surface area contributed by atoms with Crippen molar-refractivity contribution in [1.29, 1.82) is 0 Å². The molecule has 1 heterocycles. The highest BCUT2D eigenvalue weighted by Gasteiger charge is 2.32. The van der Waals surface area contributed by atoms with E-state index < -0.39 is 16.1 Å². The van der Waals surface area contributed by atoms with Crippen LogP contribution in [0, 0.1) is 0 Å². The second-order valence-corrected chi connectivity index (χ2v) is 7.91. The van der Waals surface area contributed by atoms with E-state index in [2.05, 4.69) is 0 Å². The Balaban J connectivity index is 2.26. The first-order valence-electron chi connectivity index (χ1n) is 8.35. The number of hydrogen-bond donors (Lipinski definition) is 0. The van der Waals surface area contributed by atoms with E-state index in [1.807, 2.05) is 6.92 Å². The minimum atomic E-state index is -3.58. The molecular formula is C17H26N2O4S. The summed E-state index contributed by atoms with van der Waals surface area (Å²) in [4.78, 5) is 14.5. The molecule has 0 saturated carbocycles. The van der Waals surface area contributed by atoms with Crippen LogP contribution in [-0.2, 0) is 14.8 Å². The van der Waals surface area contributed by atoms with Gasteiger partial charge < -0.3 is 9.64 Å². The Hall–Kier alpha value is -1.76. The molecule has 0 bridgehead atoms. The lowest BCUT2D eigenvalue weighted by Crippen LogP contribution is -2.50. The Labute approximate surface area is 144 Å². The molecule has 134 valence electrons. The van der Waals surface area contributed by atoms with Crippen molar-refractivity contribution in [2.24, 2.45) is 0 Å². The van der Waals surface area contributed by atoms with Gasteiger partial charge in [-0.15, -0.1) is 0 Å². The number of likely N-dealkylation sites (tertiary alicyclic amines) is 1. The standard InChI is InChI=1S/C17H26N2O4S/c1-4-23-16-10-8-15(9-11-16)19(24(3,21)22)14(2)17(20)18-12-6-5-7-13-18/h8-11,14H,4-7,12-13H2,1-3H3/t14-/m1/s1. The van der Waals surface area contributed by atoms with Crippen molar-refractivity contribution in [1.82, 2.24) is 4.90 Å². The van der Waals surface area contributed by atoms with E-state index in [9.17, 15) is 13.2 Å². The molecule has 24 heavy (non-hydrogen) atoms. The molecule has 0 radical (unpaired) electrons. The van der Waals surface area contributed by atoms with E-state index >= 15 is 0 Å². The molecule has 0 N–H and O–H groups in total. The molecule has 1 aliphatic rings. The lowest BCUT2D eigenvalue weighted by Gasteiger charge is -2.34. The number of piperidine rings is 1. The summed E-state index contributed by atoms with van der Waals surface area (Å²) in [5, 5.41) is 0. The van der Waals surface area contributed by atoms with Gasteiger partial charge in [0.05, 0.1) is 18.6 Å². The number of anilines is 1. The summed E-state index contributed by atoms with van der Waals surface area (Å²) in [6.45, 7) is 5.47. The Kier molecular flexibility index (Phi) is 6.10. The van der Waals surface area contributed by atoms with Gasteiger partial charge in [0.15, 0.2) is 0 Å². The summed E-state index contributed by atoms with van der Waals surface area (Å²) in [6.07, 6.45) is 4.19. The molecule has 1 atom stereocenters. The minimum absolute atomic E-state index is 0.144. The van der Waals surface area contributed by atoms with E-state index in [1.165, 1.54) is 4.31 Å². The fourth-order valence-corrected chi connectivity index (χ4v) is 4.21. The SMILES string of the molecule is CCOc1ccc(N([C@H](C)C(=O)N2CCCCC2)S(C)(=O)=O)cc1. The van der Waals surface area contributed by atoms with Crippen molar-refractivity contribution in [2.75, 3.05) is 30.3 Å². The number of nitrogens with zero attached hydrogens (tertiary/aromatic N) is 2. The third-order valence-electron chi connectivity index (χ3n) is 4.14. The molecule has 1 aromatic carbocycles. The molecule has 0 aromatic heterocycles. The van der Waals surface area contributed by atoms with Gasteiger partial charge in [0.25, 0.3) is 0 Å². The van der Waals surface area contributed by atoms with Crippen molar-refractivity contribution in [2.45, 2.75) is 39.2 Å². The van der Waals surface area contributed by atoms with E-state index in [-0.39, 0.29) is 5.91 Å². The molecular weight excluding hydrogens is 328 g/mol. The summed E-state index contributed by atoms with van der Waals surface area (Å²) in [6, 6.07) is 6.01. The number of carbonyl (C=O) groups is 1. The molecule has 1 aliphatic heterocycles. The zero-order valence-electron chi connectivity index (χ0n) is 14.6. The molecule has 1 aromatic rings. The number of amides is 1. The van der Waals surface area contributed by atoms with Crippen LogP contribution in [0.15, 0.2) is 24.3 Å². The van der Waals surface area contributed by atoms with Gasteiger partial charge in [-0.25, -0.2) is 8.42 Å². The molecule has 0 unspecified atom stereocenters. The van der Waals surface area contributed by atoms with Crippen LogP contribution in [0.1, 0.15) is 33.1 Å². The van der Waals surface area contributed by atoms with E-state index in [0.29, 0.717) is 31.1 Å². The fraction of sp³-hybridized carbons (Fsp3) is 0.588. The van der Waals surface area contributed by atoms with Crippen LogP contribution >= 0.6 is 0 Å². The Bertz CT molecular complexity index is 652. The normalized spacial score (nSPS) is 16.5. The predicted octanol–water partition coefficient (Wildman–Crippen LogP) is 2.25. The zero-order chi connectivity index (χ0) is 17.7. The number of carbonyl (C=O) groups excluding carboxylic acids is 1. The van der Waals surface area contributed by atoms with Gasteiger partial charge in [-0.3, -0.25) is 9.10 Å². The monoisotopic (exact) mass is 354 g/mol. The first kappa shape index (κ1) is 18.6. The van der Waals surface area contributed by atoms with E-state index in [4.69, 9.17) is 4.74 Å². The van der Waals surface area contributed by atoms with Gasteiger partial charge in [-0.2, -0.15) is 0 Å². The van der Waals surface area contributed by atoms with Crippen molar-refractivity contribution in [3.05, 3.63) is 24.3 Å². The highest BCUT2D eigenvalue weighted by molar-refractivity contribution is 7.92.